The number of rotatable bonds is 2. The quantitative estimate of drug-likeness (QED) is 0.741. The molecule has 0 aliphatic carbocycles. The predicted octanol–water partition coefficient (Wildman–Crippen LogP) is 1.75. The van der Waals surface area contributed by atoms with Gasteiger partial charge >= 0.3 is 0 Å². The number of nitrogens with zero attached hydrogens (tertiary/aromatic N) is 2. The average molecular weight is 234 g/mol. The van der Waals surface area contributed by atoms with Crippen LogP contribution in [0.5, 0.6) is 11.5 Å². The zero-order valence-electron chi connectivity index (χ0n) is 8.04. The largest absolute Gasteiger partial charge is 0.454 e. The Kier molecular flexibility index (Phi) is 2.07. The maximum absolute atomic E-state index is 10.7. The van der Waals surface area contributed by atoms with Gasteiger partial charge in [0.1, 0.15) is 5.69 Å². The second kappa shape index (κ2) is 3.57. The fourth-order valence-electron chi connectivity index (χ4n) is 1.51. The Balaban J connectivity index is 2.10. The number of benzene rings is 1. The molecule has 1 aromatic heterocycles. The third-order valence-corrected chi connectivity index (χ3v) is 3.05. The van der Waals surface area contributed by atoms with Crippen LogP contribution in [0.2, 0.25) is 0 Å². The molecule has 0 fully saturated rings. The molecule has 5 nitrogen and oxygen atoms in total. The lowest BCUT2D eigenvalue weighted by Gasteiger charge is -1.99. The van der Waals surface area contributed by atoms with Gasteiger partial charge < -0.3 is 9.47 Å². The number of aldehydes is 1. The van der Waals surface area contributed by atoms with E-state index in [4.69, 9.17) is 9.47 Å². The van der Waals surface area contributed by atoms with Crippen molar-refractivity contribution in [3.05, 3.63) is 23.9 Å². The van der Waals surface area contributed by atoms with Crippen LogP contribution in [-0.4, -0.2) is 22.7 Å². The van der Waals surface area contributed by atoms with Crippen molar-refractivity contribution in [3.63, 3.8) is 0 Å². The highest BCUT2D eigenvalue weighted by atomic mass is 32.1. The maximum Gasteiger partial charge on any atom is 0.231 e. The van der Waals surface area contributed by atoms with Gasteiger partial charge in [-0.15, -0.1) is 5.10 Å². The molecule has 0 saturated heterocycles. The average Bonchev–Trinajstić information content (AvgIpc) is 2.96. The Morgan fingerprint density at radius 3 is 3.06 bits per heavy atom. The molecule has 80 valence electrons. The van der Waals surface area contributed by atoms with Crippen LogP contribution >= 0.6 is 11.5 Å². The third-order valence-electron chi connectivity index (χ3n) is 2.26. The van der Waals surface area contributed by atoms with Gasteiger partial charge in [0, 0.05) is 0 Å². The highest BCUT2D eigenvalue weighted by Gasteiger charge is 2.16. The molecular weight excluding hydrogens is 228 g/mol. The van der Waals surface area contributed by atoms with E-state index in [1.54, 1.807) is 0 Å². The molecule has 0 radical (unpaired) electrons. The van der Waals surface area contributed by atoms with Crippen molar-refractivity contribution in [1.29, 1.82) is 0 Å². The zero-order chi connectivity index (χ0) is 11.0. The zero-order valence-corrected chi connectivity index (χ0v) is 8.86. The van der Waals surface area contributed by atoms with Crippen molar-refractivity contribution in [2.75, 3.05) is 6.79 Å². The molecule has 1 aliphatic heterocycles. The number of fused-ring (bicyclic) bond motifs is 1. The highest BCUT2D eigenvalue weighted by molar-refractivity contribution is 7.09. The lowest BCUT2D eigenvalue weighted by atomic mass is 10.1. The van der Waals surface area contributed by atoms with E-state index in [9.17, 15) is 4.79 Å². The summed E-state index contributed by atoms with van der Waals surface area (Å²) in [7, 11) is 0. The van der Waals surface area contributed by atoms with Crippen LogP contribution in [0.3, 0.4) is 0 Å². The SMILES string of the molecule is O=Cc1nnsc1-c1ccc2c(c1)OCO2. The van der Waals surface area contributed by atoms with Crippen LogP contribution in [0, 0.1) is 0 Å². The van der Waals surface area contributed by atoms with Gasteiger partial charge in [-0.1, -0.05) is 4.49 Å². The summed E-state index contributed by atoms with van der Waals surface area (Å²) in [6.45, 7) is 0.236. The molecule has 0 atom stereocenters. The van der Waals surface area contributed by atoms with E-state index in [-0.39, 0.29) is 6.79 Å². The van der Waals surface area contributed by atoms with Crippen LogP contribution in [0.1, 0.15) is 10.5 Å². The van der Waals surface area contributed by atoms with Gasteiger partial charge in [-0.05, 0) is 35.3 Å². The fraction of sp³-hybridized carbons (Fsp3) is 0.100. The van der Waals surface area contributed by atoms with Gasteiger partial charge in [0.25, 0.3) is 0 Å². The summed E-state index contributed by atoms with van der Waals surface area (Å²) < 4.78 is 14.2. The van der Waals surface area contributed by atoms with Gasteiger partial charge in [0.2, 0.25) is 6.79 Å². The molecule has 0 spiro atoms. The second-order valence-corrected chi connectivity index (χ2v) is 3.93. The molecule has 2 aromatic rings. The van der Waals surface area contributed by atoms with Crippen molar-refractivity contribution in [3.8, 4) is 21.9 Å². The molecular formula is C10H6N2O3S. The highest BCUT2D eigenvalue weighted by Crippen LogP contribution is 2.37. The predicted molar refractivity (Wildman–Crippen MR) is 56.9 cm³/mol. The van der Waals surface area contributed by atoms with E-state index in [1.807, 2.05) is 18.2 Å². The summed E-state index contributed by atoms with van der Waals surface area (Å²) in [5, 5.41) is 3.73. The van der Waals surface area contributed by atoms with Crippen LogP contribution in [0.25, 0.3) is 10.4 Å². The molecule has 0 amide bonds. The number of carbonyl (C=O) groups excluding carboxylic acids is 1. The Hall–Kier alpha value is -1.95. The van der Waals surface area contributed by atoms with Crippen molar-refractivity contribution in [2.45, 2.75) is 0 Å². The lowest BCUT2D eigenvalue weighted by Crippen LogP contribution is -1.92. The van der Waals surface area contributed by atoms with Gasteiger partial charge in [0.05, 0.1) is 4.88 Å². The smallest absolute Gasteiger partial charge is 0.231 e. The number of hydrogen-bond donors (Lipinski definition) is 0. The molecule has 0 N–H and O–H groups in total. The summed E-state index contributed by atoms with van der Waals surface area (Å²) in [6.07, 6.45) is 0.698. The molecule has 0 saturated carbocycles. The number of ether oxygens (including phenoxy) is 2. The molecule has 1 aliphatic rings. The van der Waals surface area contributed by atoms with Gasteiger partial charge in [0.15, 0.2) is 17.8 Å². The Labute approximate surface area is 94.8 Å². The first-order valence-corrected chi connectivity index (χ1v) is 5.33. The second-order valence-electron chi connectivity index (χ2n) is 3.17. The monoisotopic (exact) mass is 234 g/mol. The number of aromatic nitrogens is 2. The minimum absolute atomic E-state index is 0.236. The van der Waals surface area contributed by atoms with Crippen LogP contribution in [0.15, 0.2) is 18.2 Å². The molecule has 3 rings (SSSR count). The standard InChI is InChI=1S/C10H6N2O3S/c13-4-7-10(16-12-11-7)6-1-2-8-9(3-6)15-5-14-8/h1-4H,5H2. The third kappa shape index (κ3) is 1.35. The van der Waals surface area contributed by atoms with Crippen molar-refractivity contribution < 1.29 is 14.3 Å². The van der Waals surface area contributed by atoms with Crippen molar-refractivity contribution >= 4 is 17.8 Å². The van der Waals surface area contributed by atoms with Gasteiger partial charge in [-0.25, -0.2) is 0 Å². The van der Waals surface area contributed by atoms with Gasteiger partial charge in [-0.2, -0.15) is 0 Å². The van der Waals surface area contributed by atoms with Gasteiger partial charge in [-0.3, -0.25) is 4.79 Å². The van der Waals surface area contributed by atoms with E-state index < -0.39 is 0 Å². The summed E-state index contributed by atoms with van der Waals surface area (Å²) in [6, 6.07) is 5.49. The Morgan fingerprint density at radius 1 is 1.31 bits per heavy atom. The molecule has 6 heteroatoms. The van der Waals surface area contributed by atoms with E-state index in [2.05, 4.69) is 9.59 Å². The summed E-state index contributed by atoms with van der Waals surface area (Å²) in [5.41, 5.74) is 1.21. The minimum atomic E-state index is 0.236. The first kappa shape index (κ1) is 9.29. The van der Waals surface area contributed by atoms with E-state index >= 15 is 0 Å². The van der Waals surface area contributed by atoms with Crippen LogP contribution in [-0.2, 0) is 0 Å². The Morgan fingerprint density at radius 2 is 2.19 bits per heavy atom. The summed E-state index contributed by atoms with van der Waals surface area (Å²) >= 11 is 1.18. The van der Waals surface area contributed by atoms with E-state index in [0.29, 0.717) is 23.5 Å². The van der Waals surface area contributed by atoms with Crippen molar-refractivity contribution in [2.24, 2.45) is 0 Å². The molecule has 0 bridgehead atoms. The number of carbonyl (C=O) groups is 1. The van der Waals surface area contributed by atoms with Crippen LogP contribution in [0.4, 0.5) is 0 Å². The lowest BCUT2D eigenvalue weighted by molar-refractivity contribution is 0.111. The topological polar surface area (TPSA) is 61.3 Å². The number of hydrogen-bond acceptors (Lipinski definition) is 6. The van der Waals surface area contributed by atoms with E-state index in [0.717, 1.165) is 10.4 Å². The molecule has 1 aromatic carbocycles. The first-order valence-electron chi connectivity index (χ1n) is 4.56. The molecule has 2 heterocycles. The van der Waals surface area contributed by atoms with E-state index in [1.165, 1.54) is 11.5 Å². The molecule has 16 heavy (non-hydrogen) atoms. The van der Waals surface area contributed by atoms with Crippen LogP contribution < -0.4 is 9.47 Å². The minimum Gasteiger partial charge on any atom is -0.454 e. The molecule has 0 unspecified atom stereocenters. The summed E-state index contributed by atoms with van der Waals surface area (Å²) in [4.78, 5) is 11.5. The summed E-state index contributed by atoms with van der Waals surface area (Å²) in [5.74, 6) is 1.40. The normalized spacial score (nSPS) is 12.8. The maximum atomic E-state index is 10.7. The Bertz CT molecular complexity index is 553. The van der Waals surface area contributed by atoms with Crippen molar-refractivity contribution in [1.82, 2.24) is 9.59 Å². The first-order chi connectivity index (χ1) is 7.88. The fourth-order valence-corrected chi connectivity index (χ4v) is 2.14.